The van der Waals surface area contributed by atoms with E-state index in [1.54, 1.807) is 11.6 Å². The highest BCUT2D eigenvalue weighted by Gasteiger charge is 2.20. The highest BCUT2D eigenvalue weighted by Crippen LogP contribution is 2.30. The van der Waals surface area contributed by atoms with Crippen LogP contribution in [0.25, 0.3) is 11.3 Å². The van der Waals surface area contributed by atoms with Crippen molar-refractivity contribution in [1.29, 1.82) is 5.26 Å². The van der Waals surface area contributed by atoms with Crippen LogP contribution < -0.4 is 0 Å². The maximum atomic E-state index is 11.5. The first kappa shape index (κ1) is 23.0. The van der Waals surface area contributed by atoms with E-state index < -0.39 is 6.16 Å². The molecule has 0 radical (unpaired) electrons. The van der Waals surface area contributed by atoms with E-state index in [0.717, 1.165) is 11.3 Å². The van der Waals surface area contributed by atoms with E-state index >= 15 is 0 Å². The first-order chi connectivity index (χ1) is 14.2. The van der Waals surface area contributed by atoms with Gasteiger partial charge in [-0.15, -0.1) is 0 Å². The summed E-state index contributed by atoms with van der Waals surface area (Å²) in [6, 6.07) is 11.9. The number of nitrogens with zero attached hydrogens (tertiary/aromatic N) is 3. The van der Waals surface area contributed by atoms with Crippen molar-refractivity contribution < 1.29 is 19.0 Å². The van der Waals surface area contributed by atoms with Crippen molar-refractivity contribution in [3.05, 3.63) is 52.8 Å². The molecule has 7 heteroatoms. The van der Waals surface area contributed by atoms with Crippen molar-refractivity contribution in [3.8, 4) is 6.07 Å². The van der Waals surface area contributed by atoms with Crippen LogP contribution in [0.3, 0.4) is 0 Å². The highest BCUT2D eigenvalue weighted by molar-refractivity contribution is 5.94. The number of carbonyl (C=O) groups excluding carboxylic acids is 1. The van der Waals surface area contributed by atoms with Gasteiger partial charge in [0.2, 0.25) is 6.79 Å². The number of aromatic nitrogens is 2. The summed E-state index contributed by atoms with van der Waals surface area (Å²) < 4.78 is 17.2. The number of benzene rings is 1. The molecule has 30 heavy (non-hydrogen) atoms. The van der Waals surface area contributed by atoms with Crippen molar-refractivity contribution in [2.24, 2.45) is 0 Å². The number of carbonyl (C=O) groups is 1. The minimum absolute atomic E-state index is 0.000196. The summed E-state index contributed by atoms with van der Waals surface area (Å²) in [7, 11) is 0. The average Bonchev–Trinajstić information content (AvgIpc) is 3.07. The molecule has 160 valence electrons. The van der Waals surface area contributed by atoms with E-state index in [9.17, 15) is 10.1 Å². The van der Waals surface area contributed by atoms with Gasteiger partial charge in [0.1, 0.15) is 17.3 Å². The van der Waals surface area contributed by atoms with E-state index in [2.05, 4.69) is 31.9 Å². The fourth-order valence-electron chi connectivity index (χ4n) is 2.92. The van der Waals surface area contributed by atoms with Gasteiger partial charge >= 0.3 is 6.16 Å². The molecule has 0 bridgehead atoms. The van der Waals surface area contributed by atoms with Gasteiger partial charge in [-0.3, -0.25) is 4.68 Å². The van der Waals surface area contributed by atoms with Gasteiger partial charge in [-0.1, -0.05) is 45.0 Å². The summed E-state index contributed by atoms with van der Waals surface area (Å²) in [6.07, 6.45) is -0.829. The van der Waals surface area contributed by atoms with Gasteiger partial charge < -0.3 is 14.2 Å². The second-order valence-electron chi connectivity index (χ2n) is 7.72. The average molecular weight is 412 g/mol. The Morgan fingerprint density at radius 3 is 2.33 bits per heavy atom. The molecule has 1 heterocycles. The second kappa shape index (κ2) is 9.97. The maximum Gasteiger partial charge on any atom is 0.511 e. The van der Waals surface area contributed by atoms with E-state index in [4.69, 9.17) is 14.2 Å². The van der Waals surface area contributed by atoms with E-state index in [0.29, 0.717) is 29.1 Å². The lowest BCUT2D eigenvalue weighted by molar-refractivity contribution is -0.00371. The van der Waals surface area contributed by atoms with Crippen LogP contribution in [0.2, 0.25) is 0 Å². The van der Waals surface area contributed by atoms with Gasteiger partial charge in [0, 0.05) is 6.54 Å². The third kappa shape index (κ3) is 5.63. The lowest BCUT2D eigenvalue weighted by Crippen LogP contribution is -2.12. The Kier molecular flexibility index (Phi) is 7.65. The van der Waals surface area contributed by atoms with E-state index in [-0.39, 0.29) is 18.8 Å². The molecule has 0 saturated carbocycles. The molecule has 0 spiro atoms. The molecule has 0 aliphatic heterocycles. The molecule has 0 saturated heterocycles. The van der Waals surface area contributed by atoms with Crippen molar-refractivity contribution in [1.82, 2.24) is 9.78 Å². The topological polar surface area (TPSA) is 86.4 Å². The van der Waals surface area contributed by atoms with Gasteiger partial charge in [0.15, 0.2) is 5.76 Å². The minimum Gasteiger partial charge on any atom is -0.454 e. The third-order valence-electron chi connectivity index (χ3n) is 4.46. The quantitative estimate of drug-likeness (QED) is 0.274. The summed E-state index contributed by atoms with van der Waals surface area (Å²) in [5.41, 5.74) is 3.63. The number of allylic oxidation sites excluding steroid dienone is 1. The molecule has 0 aliphatic carbocycles. The molecular weight excluding hydrogens is 382 g/mol. The number of rotatable bonds is 7. The van der Waals surface area contributed by atoms with Crippen molar-refractivity contribution >= 4 is 17.5 Å². The molecular formula is C23H29N3O4. The summed E-state index contributed by atoms with van der Waals surface area (Å²) in [5, 5.41) is 14.4. The molecule has 2 rings (SSSR count). The predicted molar refractivity (Wildman–Crippen MR) is 114 cm³/mol. The molecule has 0 amide bonds. The zero-order valence-corrected chi connectivity index (χ0v) is 18.5. The Morgan fingerprint density at radius 2 is 1.80 bits per heavy atom. The Morgan fingerprint density at radius 1 is 1.13 bits per heavy atom. The molecule has 2 aromatic rings. The molecule has 1 aromatic heterocycles. The zero-order chi connectivity index (χ0) is 22.3. The van der Waals surface area contributed by atoms with Gasteiger partial charge in [-0.2, -0.15) is 10.4 Å². The van der Waals surface area contributed by atoms with Crippen LogP contribution in [-0.2, 0) is 26.2 Å². The standard InChI is InChI=1S/C23H29N3O4/c1-7-26-20(13-16(3)25-26)21(29-15-30-22(27)28-8-2)19(14-24)17-9-11-18(12-10-17)23(4,5)6/h9-13H,7-8,15H2,1-6H3/b21-19-. The lowest BCUT2D eigenvalue weighted by atomic mass is 9.86. The number of ether oxygens (including phenoxy) is 3. The Hall–Kier alpha value is -3.27. The first-order valence-electron chi connectivity index (χ1n) is 9.93. The normalized spacial score (nSPS) is 12.0. The molecule has 0 N–H and O–H groups in total. The molecule has 7 nitrogen and oxygen atoms in total. The summed E-state index contributed by atoms with van der Waals surface area (Å²) >= 11 is 0. The molecule has 0 fully saturated rings. The fourth-order valence-corrected chi connectivity index (χ4v) is 2.92. The monoisotopic (exact) mass is 411 g/mol. The Bertz CT molecular complexity index is 944. The van der Waals surface area contributed by atoms with Gasteiger partial charge in [-0.25, -0.2) is 4.79 Å². The van der Waals surface area contributed by atoms with E-state index in [1.807, 2.05) is 44.2 Å². The van der Waals surface area contributed by atoms with Crippen LogP contribution in [0.1, 0.15) is 57.1 Å². The van der Waals surface area contributed by atoms with Gasteiger partial charge in [0.05, 0.1) is 12.3 Å². The number of hydrogen-bond donors (Lipinski definition) is 0. The van der Waals surface area contributed by atoms with Crippen LogP contribution in [0.5, 0.6) is 0 Å². The second-order valence-corrected chi connectivity index (χ2v) is 7.72. The summed E-state index contributed by atoms with van der Waals surface area (Å²) in [4.78, 5) is 11.5. The number of aryl methyl sites for hydroxylation is 2. The largest absolute Gasteiger partial charge is 0.511 e. The minimum atomic E-state index is -0.829. The van der Waals surface area contributed by atoms with Gasteiger partial charge in [-0.05, 0) is 43.4 Å². The van der Waals surface area contributed by atoms with Crippen LogP contribution in [0.15, 0.2) is 30.3 Å². The van der Waals surface area contributed by atoms with Crippen LogP contribution >= 0.6 is 0 Å². The summed E-state index contributed by atoms with van der Waals surface area (Å²) in [6.45, 7) is 12.3. The summed E-state index contributed by atoms with van der Waals surface area (Å²) in [5.74, 6) is 0.299. The lowest BCUT2D eigenvalue weighted by Gasteiger charge is -2.19. The predicted octanol–water partition coefficient (Wildman–Crippen LogP) is 5.05. The number of nitriles is 1. The number of hydrogen-bond acceptors (Lipinski definition) is 6. The van der Waals surface area contributed by atoms with Crippen LogP contribution in [-0.4, -0.2) is 29.3 Å². The third-order valence-corrected chi connectivity index (χ3v) is 4.46. The maximum absolute atomic E-state index is 11.5. The molecule has 0 atom stereocenters. The molecule has 0 unspecified atom stereocenters. The Balaban J connectivity index is 2.49. The smallest absolute Gasteiger partial charge is 0.454 e. The van der Waals surface area contributed by atoms with Crippen molar-refractivity contribution in [2.75, 3.05) is 13.4 Å². The molecule has 1 aromatic carbocycles. The Labute approximate surface area is 177 Å². The molecule has 0 aliphatic rings. The SMILES string of the molecule is CCOC(=O)OCO/C(=C(/C#N)c1ccc(C(C)(C)C)cc1)c1cc(C)nn1CC. The van der Waals surface area contributed by atoms with Crippen LogP contribution in [0, 0.1) is 18.3 Å². The van der Waals surface area contributed by atoms with E-state index in [1.165, 1.54) is 0 Å². The highest BCUT2D eigenvalue weighted by atomic mass is 16.8. The van der Waals surface area contributed by atoms with Gasteiger partial charge in [0.25, 0.3) is 0 Å². The van der Waals surface area contributed by atoms with Crippen molar-refractivity contribution in [2.45, 2.75) is 53.5 Å². The first-order valence-corrected chi connectivity index (χ1v) is 9.93. The van der Waals surface area contributed by atoms with Crippen LogP contribution in [0.4, 0.5) is 4.79 Å². The fraction of sp³-hybridized carbons (Fsp3) is 0.435. The zero-order valence-electron chi connectivity index (χ0n) is 18.5. The van der Waals surface area contributed by atoms with Crippen molar-refractivity contribution in [3.63, 3.8) is 0 Å².